The summed E-state index contributed by atoms with van der Waals surface area (Å²) < 4.78 is 8.57. The van der Waals surface area contributed by atoms with Gasteiger partial charge >= 0.3 is 0 Å². The molecule has 4 nitrogen and oxygen atoms in total. The molecule has 0 amide bonds. The molecule has 5 heteroatoms. The van der Waals surface area contributed by atoms with E-state index in [9.17, 15) is 0 Å². The van der Waals surface area contributed by atoms with E-state index in [4.69, 9.17) is 10.5 Å². The molecule has 2 aromatic rings. The molecule has 18 heavy (non-hydrogen) atoms. The fraction of sp³-hybridized carbons (Fsp3) is 0.308. The molecule has 2 rings (SSSR count). The smallest absolute Gasteiger partial charge is 0.120 e. The molecule has 0 spiro atoms. The van der Waals surface area contributed by atoms with Crippen molar-refractivity contribution in [3.05, 3.63) is 46.2 Å². The van der Waals surface area contributed by atoms with Gasteiger partial charge in [-0.25, -0.2) is 0 Å². The molecule has 1 aromatic heterocycles. The number of halogens is 1. The van der Waals surface area contributed by atoms with E-state index in [1.54, 1.807) is 10.9 Å². The average molecular weight is 310 g/mol. The van der Waals surface area contributed by atoms with Crippen LogP contribution in [0.5, 0.6) is 5.75 Å². The second-order valence-electron chi connectivity index (χ2n) is 4.10. The highest BCUT2D eigenvalue weighted by atomic mass is 79.9. The lowest BCUT2D eigenvalue weighted by molar-refractivity contribution is 0.306. The third kappa shape index (κ3) is 3.34. The van der Waals surface area contributed by atoms with Crippen LogP contribution in [0.4, 0.5) is 0 Å². The van der Waals surface area contributed by atoms with Crippen molar-refractivity contribution in [1.82, 2.24) is 9.78 Å². The van der Waals surface area contributed by atoms with Gasteiger partial charge < -0.3 is 10.5 Å². The summed E-state index contributed by atoms with van der Waals surface area (Å²) >= 11 is 3.51. The van der Waals surface area contributed by atoms with Crippen molar-refractivity contribution < 1.29 is 4.74 Å². The molecular weight excluding hydrogens is 294 g/mol. The van der Waals surface area contributed by atoms with Gasteiger partial charge in [-0.3, -0.25) is 4.68 Å². The predicted octanol–water partition coefficient (Wildman–Crippen LogP) is 2.26. The van der Waals surface area contributed by atoms with Gasteiger partial charge in [-0.15, -0.1) is 0 Å². The zero-order chi connectivity index (χ0) is 13.0. The van der Waals surface area contributed by atoms with Crippen molar-refractivity contribution in [1.29, 1.82) is 0 Å². The summed E-state index contributed by atoms with van der Waals surface area (Å²) in [6, 6.07) is 5.96. The Kier molecular flexibility index (Phi) is 4.38. The maximum atomic E-state index is 5.73. The van der Waals surface area contributed by atoms with E-state index in [-0.39, 0.29) is 0 Å². The van der Waals surface area contributed by atoms with Gasteiger partial charge in [0.15, 0.2) is 0 Å². The van der Waals surface area contributed by atoms with E-state index >= 15 is 0 Å². The lowest BCUT2D eigenvalue weighted by Crippen LogP contribution is -2.03. The van der Waals surface area contributed by atoms with Crippen LogP contribution in [0.1, 0.15) is 11.1 Å². The first kappa shape index (κ1) is 13.1. The number of nitrogens with two attached hydrogens (primary N) is 1. The molecule has 1 heterocycles. The Balaban J connectivity index is 2.03. The van der Waals surface area contributed by atoms with Crippen LogP contribution in [-0.2, 0) is 20.1 Å². The third-order valence-corrected chi connectivity index (χ3v) is 3.37. The molecular formula is C13H16BrN3O. The van der Waals surface area contributed by atoms with E-state index < -0.39 is 0 Å². The van der Waals surface area contributed by atoms with E-state index in [0.29, 0.717) is 13.2 Å². The Morgan fingerprint density at radius 2 is 2.28 bits per heavy atom. The summed E-state index contributed by atoms with van der Waals surface area (Å²) in [7, 11) is 1.89. The molecule has 0 aliphatic heterocycles. The minimum Gasteiger partial charge on any atom is -0.489 e. The van der Waals surface area contributed by atoms with Gasteiger partial charge in [0.2, 0.25) is 0 Å². The van der Waals surface area contributed by atoms with Crippen molar-refractivity contribution in [2.75, 3.05) is 6.54 Å². The van der Waals surface area contributed by atoms with Crippen LogP contribution in [0.2, 0.25) is 0 Å². The van der Waals surface area contributed by atoms with Crippen molar-refractivity contribution in [2.24, 2.45) is 12.8 Å². The molecule has 0 saturated heterocycles. The summed E-state index contributed by atoms with van der Waals surface area (Å²) in [6.45, 7) is 1.15. The van der Waals surface area contributed by atoms with Crippen molar-refractivity contribution in [2.45, 2.75) is 13.0 Å². The Morgan fingerprint density at radius 3 is 2.94 bits per heavy atom. The second-order valence-corrected chi connectivity index (χ2v) is 4.96. The topological polar surface area (TPSA) is 53.1 Å². The average Bonchev–Trinajstić information content (AvgIpc) is 2.76. The maximum absolute atomic E-state index is 5.73. The number of benzene rings is 1. The highest BCUT2D eigenvalue weighted by Crippen LogP contribution is 2.23. The summed E-state index contributed by atoms with van der Waals surface area (Å²) in [4.78, 5) is 0. The van der Waals surface area contributed by atoms with E-state index in [0.717, 1.165) is 22.2 Å². The zero-order valence-electron chi connectivity index (χ0n) is 10.3. The number of hydrogen-bond donors (Lipinski definition) is 1. The quantitative estimate of drug-likeness (QED) is 0.921. The molecule has 1 aromatic carbocycles. The van der Waals surface area contributed by atoms with Crippen molar-refractivity contribution in [3.63, 3.8) is 0 Å². The van der Waals surface area contributed by atoms with Gasteiger partial charge in [-0.2, -0.15) is 5.10 Å². The molecule has 0 bridgehead atoms. The highest BCUT2D eigenvalue weighted by Gasteiger charge is 2.03. The van der Waals surface area contributed by atoms with Gasteiger partial charge in [-0.1, -0.05) is 15.9 Å². The van der Waals surface area contributed by atoms with Crippen LogP contribution >= 0.6 is 15.9 Å². The van der Waals surface area contributed by atoms with Gasteiger partial charge in [0.05, 0.1) is 6.20 Å². The molecule has 0 fully saturated rings. The fourth-order valence-electron chi connectivity index (χ4n) is 1.70. The molecule has 0 aliphatic carbocycles. The Hall–Kier alpha value is -1.33. The highest BCUT2D eigenvalue weighted by molar-refractivity contribution is 9.10. The summed E-state index contributed by atoms with van der Waals surface area (Å²) in [6.07, 6.45) is 4.59. The minimum absolute atomic E-state index is 0.525. The first-order valence-electron chi connectivity index (χ1n) is 5.78. The third-order valence-electron chi connectivity index (χ3n) is 2.59. The van der Waals surface area contributed by atoms with Crippen molar-refractivity contribution >= 4 is 15.9 Å². The number of nitrogens with zero attached hydrogens (tertiary/aromatic N) is 2. The van der Waals surface area contributed by atoms with Crippen LogP contribution in [-0.4, -0.2) is 16.3 Å². The molecule has 0 saturated carbocycles. The Bertz CT molecular complexity index is 525. The van der Waals surface area contributed by atoms with Crippen LogP contribution in [0.25, 0.3) is 0 Å². The van der Waals surface area contributed by atoms with Crippen LogP contribution in [0, 0.1) is 0 Å². The largest absolute Gasteiger partial charge is 0.489 e. The number of ether oxygens (including phenoxy) is 1. The van der Waals surface area contributed by atoms with Gasteiger partial charge in [0, 0.05) is 23.3 Å². The summed E-state index contributed by atoms with van der Waals surface area (Å²) in [5.74, 6) is 0.852. The lowest BCUT2D eigenvalue weighted by Gasteiger charge is -2.08. The fourth-order valence-corrected chi connectivity index (χ4v) is 2.15. The first-order valence-corrected chi connectivity index (χ1v) is 6.57. The van der Waals surface area contributed by atoms with Crippen molar-refractivity contribution in [3.8, 4) is 5.75 Å². The Labute approximate surface area is 115 Å². The second kappa shape index (κ2) is 6.02. The number of hydrogen-bond acceptors (Lipinski definition) is 3. The molecule has 96 valence electrons. The minimum atomic E-state index is 0.525. The van der Waals surface area contributed by atoms with Gasteiger partial charge in [0.1, 0.15) is 12.4 Å². The maximum Gasteiger partial charge on any atom is 0.120 e. The van der Waals surface area contributed by atoms with Gasteiger partial charge in [0.25, 0.3) is 0 Å². The molecule has 2 N–H and O–H groups in total. The molecule has 0 atom stereocenters. The van der Waals surface area contributed by atoms with Crippen LogP contribution in [0.15, 0.2) is 35.1 Å². The molecule has 0 radical (unpaired) electrons. The predicted molar refractivity (Wildman–Crippen MR) is 74.4 cm³/mol. The van der Waals surface area contributed by atoms with E-state index in [1.165, 1.54) is 5.56 Å². The number of aryl methyl sites for hydroxylation is 1. The van der Waals surface area contributed by atoms with Gasteiger partial charge in [-0.05, 0) is 36.7 Å². The van der Waals surface area contributed by atoms with Crippen LogP contribution in [0.3, 0.4) is 0 Å². The zero-order valence-corrected chi connectivity index (χ0v) is 11.9. The number of rotatable bonds is 5. The lowest BCUT2D eigenvalue weighted by atomic mass is 10.1. The molecule has 0 unspecified atom stereocenters. The number of aromatic nitrogens is 2. The standard InChI is InChI=1S/C13H16BrN3O/c1-17-8-10(7-16-17)9-18-12-2-3-13(14)11(6-12)4-5-15/h2-3,6-8H,4-5,9,15H2,1H3. The van der Waals surface area contributed by atoms with Crippen LogP contribution < -0.4 is 10.5 Å². The SMILES string of the molecule is Cn1cc(COc2ccc(Br)c(CCN)c2)cn1. The first-order chi connectivity index (χ1) is 8.69. The Morgan fingerprint density at radius 1 is 1.44 bits per heavy atom. The monoisotopic (exact) mass is 309 g/mol. The van der Waals surface area contributed by atoms with E-state index in [2.05, 4.69) is 21.0 Å². The normalized spacial score (nSPS) is 10.6. The van der Waals surface area contributed by atoms with E-state index in [1.807, 2.05) is 31.4 Å². The molecule has 0 aliphatic rings. The summed E-state index contributed by atoms with van der Waals surface area (Å²) in [5, 5.41) is 4.10. The summed E-state index contributed by atoms with van der Waals surface area (Å²) in [5.41, 5.74) is 7.80.